The molecule has 206 valence electrons. The van der Waals surface area contributed by atoms with Gasteiger partial charge in [0.1, 0.15) is 5.82 Å². The number of aryl methyl sites for hydroxylation is 2. The van der Waals surface area contributed by atoms with Crippen LogP contribution in [0.25, 0.3) is 11.2 Å². The largest absolute Gasteiger partial charge is 0.393 e. The molecule has 0 unspecified atom stereocenters. The standard InChI is InChI=1S/C27H32FN7O3S/c1-4-35-16-29-24-25(32-27(33-26(24)35)31-20-7-11-21(36)12-8-20)30-19-9-13-22(14-10-19)39(37,38)34(3)23-15-18(28)6-5-17(23)2/h5-6,9-10,13-16,20-21,36H,4,7-8,11-12H2,1-3H3,(H2,30,31,32,33). The number of rotatable bonds is 8. The summed E-state index contributed by atoms with van der Waals surface area (Å²) < 4.78 is 43.3. The van der Waals surface area contributed by atoms with Crippen molar-refractivity contribution in [2.45, 2.75) is 63.1 Å². The minimum Gasteiger partial charge on any atom is -0.393 e. The molecule has 0 spiro atoms. The van der Waals surface area contributed by atoms with Crippen LogP contribution in [0.4, 0.5) is 27.5 Å². The van der Waals surface area contributed by atoms with Crippen LogP contribution in [0.1, 0.15) is 38.2 Å². The van der Waals surface area contributed by atoms with E-state index in [-0.39, 0.29) is 22.7 Å². The Labute approximate surface area is 227 Å². The van der Waals surface area contributed by atoms with E-state index < -0.39 is 15.8 Å². The topological polar surface area (TPSA) is 125 Å². The molecule has 0 saturated heterocycles. The van der Waals surface area contributed by atoms with Gasteiger partial charge in [0.15, 0.2) is 17.0 Å². The number of aromatic nitrogens is 4. The summed E-state index contributed by atoms with van der Waals surface area (Å²) in [6.07, 6.45) is 4.60. The number of nitrogens with one attached hydrogen (secondary N) is 2. The second-order valence-electron chi connectivity index (χ2n) is 9.80. The lowest BCUT2D eigenvalue weighted by atomic mass is 9.93. The molecule has 3 N–H and O–H groups in total. The SMILES string of the molecule is CCn1cnc2c(Nc3ccc(S(=O)(=O)N(C)c4cc(F)ccc4C)cc3)nc(NC3CCC(O)CC3)nc21. The molecule has 0 aliphatic heterocycles. The highest BCUT2D eigenvalue weighted by Crippen LogP contribution is 2.29. The molecule has 2 aromatic heterocycles. The number of halogens is 1. The van der Waals surface area contributed by atoms with Gasteiger partial charge in [-0.05, 0) is 81.5 Å². The van der Waals surface area contributed by atoms with Crippen molar-refractivity contribution in [1.29, 1.82) is 0 Å². The molecular formula is C27H32FN7O3S. The van der Waals surface area contributed by atoms with Gasteiger partial charge in [-0.25, -0.2) is 17.8 Å². The molecule has 10 nitrogen and oxygen atoms in total. The molecule has 2 heterocycles. The quantitative estimate of drug-likeness (QED) is 0.290. The Kier molecular flexibility index (Phi) is 7.41. The van der Waals surface area contributed by atoms with Crippen LogP contribution < -0.4 is 14.9 Å². The van der Waals surface area contributed by atoms with Crippen molar-refractivity contribution >= 4 is 44.3 Å². The molecule has 0 radical (unpaired) electrons. The molecule has 39 heavy (non-hydrogen) atoms. The Hall–Kier alpha value is -3.77. The van der Waals surface area contributed by atoms with E-state index in [2.05, 4.69) is 20.6 Å². The lowest BCUT2D eigenvalue weighted by Gasteiger charge is -2.26. The van der Waals surface area contributed by atoms with E-state index in [1.165, 1.54) is 31.3 Å². The molecular weight excluding hydrogens is 521 g/mol. The zero-order valence-electron chi connectivity index (χ0n) is 22.1. The first-order valence-corrected chi connectivity index (χ1v) is 14.4. The predicted octanol–water partition coefficient (Wildman–Crippen LogP) is 4.58. The van der Waals surface area contributed by atoms with Gasteiger partial charge >= 0.3 is 0 Å². The molecule has 0 atom stereocenters. The Bertz CT molecular complexity index is 1580. The molecule has 2 aromatic carbocycles. The van der Waals surface area contributed by atoms with Gasteiger partial charge in [0.25, 0.3) is 10.0 Å². The fourth-order valence-electron chi connectivity index (χ4n) is 4.79. The van der Waals surface area contributed by atoms with Crippen molar-refractivity contribution in [3.63, 3.8) is 0 Å². The third-order valence-corrected chi connectivity index (χ3v) is 8.91. The van der Waals surface area contributed by atoms with Crippen LogP contribution in [0.5, 0.6) is 0 Å². The van der Waals surface area contributed by atoms with E-state index in [0.717, 1.165) is 30.0 Å². The van der Waals surface area contributed by atoms with Gasteiger partial charge in [-0.15, -0.1) is 0 Å². The molecule has 0 amide bonds. The number of benzene rings is 2. The van der Waals surface area contributed by atoms with Gasteiger partial charge in [-0.3, -0.25) is 4.31 Å². The molecule has 5 rings (SSSR count). The van der Waals surface area contributed by atoms with Gasteiger partial charge in [0, 0.05) is 25.3 Å². The van der Waals surface area contributed by atoms with Crippen LogP contribution in [0.3, 0.4) is 0 Å². The van der Waals surface area contributed by atoms with E-state index in [4.69, 9.17) is 4.98 Å². The lowest BCUT2D eigenvalue weighted by Crippen LogP contribution is -2.29. The van der Waals surface area contributed by atoms with Crippen molar-refractivity contribution in [3.05, 3.63) is 60.2 Å². The average molecular weight is 554 g/mol. The second-order valence-corrected chi connectivity index (χ2v) is 11.8. The van der Waals surface area contributed by atoms with Crippen LogP contribution in [-0.4, -0.2) is 52.2 Å². The summed E-state index contributed by atoms with van der Waals surface area (Å²) in [4.78, 5) is 13.9. The Morgan fingerprint density at radius 1 is 1.10 bits per heavy atom. The monoisotopic (exact) mass is 553 g/mol. The predicted molar refractivity (Wildman–Crippen MR) is 149 cm³/mol. The number of nitrogens with zero attached hydrogens (tertiary/aromatic N) is 5. The summed E-state index contributed by atoms with van der Waals surface area (Å²) >= 11 is 0. The number of hydrogen-bond acceptors (Lipinski definition) is 8. The fourth-order valence-corrected chi connectivity index (χ4v) is 6.04. The average Bonchev–Trinajstić information content (AvgIpc) is 3.34. The summed E-state index contributed by atoms with van der Waals surface area (Å²) in [5.74, 6) is 0.454. The van der Waals surface area contributed by atoms with Crippen LogP contribution in [0.2, 0.25) is 0 Å². The Morgan fingerprint density at radius 2 is 1.82 bits per heavy atom. The fraction of sp³-hybridized carbons (Fsp3) is 0.370. The molecule has 1 aliphatic carbocycles. The maximum Gasteiger partial charge on any atom is 0.264 e. The first-order chi connectivity index (χ1) is 18.7. The van der Waals surface area contributed by atoms with Crippen molar-refractivity contribution in [1.82, 2.24) is 19.5 Å². The van der Waals surface area contributed by atoms with Crippen LogP contribution in [0, 0.1) is 12.7 Å². The van der Waals surface area contributed by atoms with Gasteiger partial charge in [-0.2, -0.15) is 9.97 Å². The first kappa shape index (κ1) is 26.8. The molecule has 1 fully saturated rings. The van der Waals surface area contributed by atoms with Gasteiger partial charge in [-0.1, -0.05) is 6.07 Å². The third kappa shape index (κ3) is 5.52. The minimum absolute atomic E-state index is 0.0733. The zero-order chi connectivity index (χ0) is 27.7. The molecule has 12 heteroatoms. The van der Waals surface area contributed by atoms with Crippen LogP contribution in [-0.2, 0) is 16.6 Å². The van der Waals surface area contributed by atoms with E-state index >= 15 is 0 Å². The van der Waals surface area contributed by atoms with Crippen molar-refractivity contribution < 1.29 is 17.9 Å². The smallest absolute Gasteiger partial charge is 0.264 e. The highest BCUT2D eigenvalue weighted by Gasteiger charge is 2.24. The summed E-state index contributed by atoms with van der Waals surface area (Å²) in [5, 5.41) is 16.5. The Morgan fingerprint density at radius 3 is 2.51 bits per heavy atom. The van der Waals surface area contributed by atoms with Crippen LogP contribution >= 0.6 is 0 Å². The zero-order valence-corrected chi connectivity index (χ0v) is 22.9. The van der Waals surface area contributed by atoms with E-state index in [1.54, 1.807) is 31.5 Å². The maximum atomic E-state index is 13.8. The van der Waals surface area contributed by atoms with Gasteiger partial charge < -0.3 is 20.3 Å². The molecule has 1 saturated carbocycles. The normalized spacial score (nSPS) is 17.8. The number of fused-ring (bicyclic) bond motifs is 1. The summed E-state index contributed by atoms with van der Waals surface area (Å²) in [7, 11) is -2.50. The highest BCUT2D eigenvalue weighted by molar-refractivity contribution is 7.92. The number of sulfonamides is 1. The summed E-state index contributed by atoms with van der Waals surface area (Å²) in [5.41, 5.74) is 2.82. The number of imidazole rings is 1. The van der Waals surface area contributed by atoms with E-state index in [0.29, 0.717) is 40.7 Å². The first-order valence-electron chi connectivity index (χ1n) is 13.0. The molecule has 4 aromatic rings. The number of hydrogen-bond donors (Lipinski definition) is 3. The van der Waals surface area contributed by atoms with Crippen molar-refractivity contribution in [2.24, 2.45) is 0 Å². The molecule has 0 bridgehead atoms. The minimum atomic E-state index is -3.91. The maximum absolute atomic E-state index is 13.8. The van der Waals surface area contributed by atoms with E-state index in [1.807, 2.05) is 11.5 Å². The second kappa shape index (κ2) is 10.8. The van der Waals surface area contributed by atoms with E-state index in [9.17, 15) is 17.9 Å². The third-order valence-electron chi connectivity index (χ3n) is 7.12. The van der Waals surface area contributed by atoms with Gasteiger partial charge in [0.2, 0.25) is 5.95 Å². The van der Waals surface area contributed by atoms with Crippen molar-refractivity contribution in [2.75, 3.05) is 22.0 Å². The highest BCUT2D eigenvalue weighted by atomic mass is 32.2. The van der Waals surface area contributed by atoms with Crippen LogP contribution in [0.15, 0.2) is 53.7 Å². The molecule has 1 aliphatic rings. The Balaban J connectivity index is 1.41. The van der Waals surface area contributed by atoms with Crippen molar-refractivity contribution in [3.8, 4) is 0 Å². The number of aliphatic hydroxyl groups is 1. The number of anilines is 4. The number of aliphatic hydroxyl groups excluding tert-OH is 1. The summed E-state index contributed by atoms with van der Waals surface area (Å²) in [6, 6.07) is 10.5. The summed E-state index contributed by atoms with van der Waals surface area (Å²) in [6.45, 7) is 4.43. The van der Waals surface area contributed by atoms with Gasteiger partial charge in [0.05, 0.1) is 23.0 Å². The lowest BCUT2D eigenvalue weighted by molar-refractivity contribution is 0.126.